The van der Waals surface area contributed by atoms with E-state index in [1.165, 1.54) is 16.7 Å². The predicted octanol–water partition coefficient (Wildman–Crippen LogP) is 4.21. The Hall–Kier alpha value is -1.87. The highest BCUT2D eigenvalue weighted by atomic mass is 19.1. The Balaban J connectivity index is 1.45. The summed E-state index contributed by atoms with van der Waals surface area (Å²) < 4.78 is 19.4. The van der Waals surface area contributed by atoms with Crippen LogP contribution >= 0.6 is 0 Å². The molecule has 4 rings (SSSR count). The summed E-state index contributed by atoms with van der Waals surface area (Å²) in [5.41, 5.74) is 3.84. The van der Waals surface area contributed by atoms with Crippen molar-refractivity contribution in [1.82, 2.24) is 4.90 Å². The quantitative estimate of drug-likeness (QED) is 0.838. The van der Waals surface area contributed by atoms with Crippen LogP contribution in [0.25, 0.3) is 0 Å². The van der Waals surface area contributed by atoms with Gasteiger partial charge in [-0.2, -0.15) is 0 Å². The molecule has 0 aromatic heterocycles. The molecule has 0 unspecified atom stereocenters. The zero-order valence-electron chi connectivity index (χ0n) is 13.5. The molecule has 0 saturated heterocycles. The van der Waals surface area contributed by atoms with E-state index in [0.717, 1.165) is 37.4 Å². The van der Waals surface area contributed by atoms with Gasteiger partial charge in [0.25, 0.3) is 0 Å². The zero-order valence-corrected chi connectivity index (χ0v) is 13.5. The standard InChI is InChI=1S/C20H22FNO/c1-23-19-6-2-15(3-7-19)13-22-11-8-16-12-18(20(21)9-10-20)5-4-17(16)14-22/h2-7,12H,8-11,13-14H2,1H3. The van der Waals surface area contributed by atoms with Gasteiger partial charge >= 0.3 is 0 Å². The number of rotatable bonds is 4. The number of hydrogen-bond acceptors (Lipinski definition) is 2. The number of nitrogens with zero attached hydrogens (tertiary/aromatic N) is 1. The molecule has 1 aliphatic carbocycles. The van der Waals surface area contributed by atoms with Gasteiger partial charge in [0.1, 0.15) is 11.4 Å². The Labute approximate surface area is 136 Å². The molecule has 0 spiro atoms. The van der Waals surface area contributed by atoms with E-state index in [2.05, 4.69) is 29.2 Å². The van der Waals surface area contributed by atoms with Crippen LogP contribution in [0.4, 0.5) is 4.39 Å². The van der Waals surface area contributed by atoms with Gasteiger partial charge in [-0.1, -0.05) is 30.3 Å². The average molecular weight is 311 g/mol. The first-order valence-electron chi connectivity index (χ1n) is 8.33. The Morgan fingerprint density at radius 2 is 1.87 bits per heavy atom. The van der Waals surface area contributed by atoms with Crippen molar-refractivity contribution in [2.75, 3.05) is 13.7 Å². The third-order valence-corrected chi connectivity index (χ3v) is 5.07. The van der Waals surface area contributed by atoms with Gasteiger partial charge in [-0.05, 0) is 53.6 Å². The van der Waals surface area contributed by atoms with Gasteiger partial charge in [-0.15, -0.1) is 0 Å². The monoisotopic (exact) mass is 311 g/mol. The molecule has 3 heteroatoms. The second kappa shape index (κ2) is 5.64. The van der Waals surface area contributed by atoms with Crippen LogP contribution in [0, 0.1) is 0 Å². The van der Waals surface area contributed by atoms with Crippen LogP contribution in [-0.4, -0.2) is 18.6 Å². The van der Waals surface area contributed by atoms with E-state index < -0.39 is 5.67 Å². The molecule has 0 atom stereocenters. The van der Waals surface area contributed by atoms with E-state index >= 15 is 0 Å². The molecule has 2 nitrogen and oxygen atoms in total. The maximum absolute atomic E-state index is 14.2. The third-order valence-electron chi connectivity index (χ3n) is 5.07. The Morgan fingerprint density at radius 1 is 1.09 bits per heavy atom. The number of methoxy groups -OCH3 is 1. The summed E-state index contributed by atoms with van der Waals surface area (Å²) in [4.78, 5) is 2.45. The molecule has 1 heterocycles. The van der Waals surface area contributed by atoms with Crippen LogP contribution in [0.15, 0.2) is 42.5 Å². The largest absolute Gasteiger partial charge is 0.497 e. The van der Waals surface area contributed by atoms with E-state index in [0.29, 0.717) is 12.8 Å². The first-order chi connectivity index (χ1) is 11.2. The van der Waals surface area contributed by atoms with E-state index in [-0.39, 0.29) is 0 Å². The van der Waals surface area contributed by atoms with E-state index in [1.54, 1.807) is 7.11 Å². The van der Waals surface area contributed by atoms with Crippen LogP contribution in [0.1, 0.15) is 35.1 Å². The fraction of sp³-hybridized carbons (Fsp3) is 0.400. The number of fused-ring (bicyclic) bond motifs is 1. The van der Waals surface area contributed by atoms with Crippen LogP contribution in [-0.2, 0) is 25.2 Å². The molecule has 0 radical (unpaired) electrons. The minimum Gasteiger partial charge on any atom is -0.497 e. The Kier molecular flexibility index (Phi) is 3.61. The number of halogens is 1. The molecule has 1 fully saturated rings. The lowest BCUT2D eigenvalue weighted by molar-refractivity contribution is 0.245. The molecule has 1 saturated carbocycles. The maximum Gasteiger partial charge on any atom is 0.136 e. The predicted molar refractivity (Wildman–Crippen MR) is 89.3 cm³/mol. The van der Waals surface area contributed by atoms with Crippen LogP contribution in [0.5, 0.6) is 5.75 Å². The normalized spacial score (nSPS) is 19.2. The van der Waals surface area contributed by atoms with E-state index in [4.69, 9.17) is 4.74 Å². The fourth-order valence-corrected chi connectivity index (χ4v) is 3.41. The van der Waals surface area contributed by atoms with Crippen molar-refractivity contribution < 1.29 is 9.13 Å². The summed E-state index contributed by atoms with van der Waals surface area (Å²) in [7, 11) is 1.69. The van der Waals surface area contributed by atoms with Crippen molar-refractivity contribution in [2.24, 2.45) is 0 Å². The first-order valence-corrected chi connectivity index (χ1v) is 8.33. The minimum atomic E-state index is -1.02. The summed E-state index contributed by atoms with van der Waals surface area (Å²) in [5.74, 6) is 0.894. The Morgan fingerprint density at radius 3 is 2.57 bits per heavy atom. The summed E-state index contributed by atoms with van der Waals surface area (Å²) >= 11 is 0. The van der Waals surface area contributed by atoms with Gasteiger partial charge in [0.15, 0.2) is 0 Å². The van der Waals surface area contributed by atoms with Gasteiger partial charge in [0, 0.05) is 19.6 Å². The molecule has 0 bridgehead atoms. The SMILES string of the molecule is COc1ccc(CN2CCc3cc(C4(F)CC4)ccc3C2)cc1. The van der Waals surface area contributed by atoms with Crippen LogP contribution in [0.3, 0.4) is 0 Å². The lowest BCUT2D eigenvalue weighted by Crippen LogP contribution is -2.30. The maximum atomic E-state index is 14.2. The first kappa shape index (κ1) is 14.7. The van der Waals surface area contributed by atoms with Crippen molar-refractivity contribution in [3.8, 4) is 5.75 Å². The molecule has 2 aromatic rings. The molecule has 1 aliphatic heterocycles. The summed E-state index contributed by atoms with van der Waals surface area (Å²) in [6.07, 6.45) is 2.39. The topological polar surface area (TPSA) is 12.5 Å². The summed E-state index contributed by atoms with van der Waals surface area (Å²) in [6, 6.07) is 14.5. The molecule has 23 heavy (non-hydrogen) atoms. The molecule has 0 amide bonds. The molecule has 0 N–H and O–H groups in total. The van der Waals surface area contributed by atoms with Crippen LogP contribution in [0.2, 0.25) is 0 Å². The number of alkyl halides is 1. The highest BCUT2D eigenvalue weighted by Crippen LogP contribution is 2.50. The lowest BCUT2D eigenvalue weighted by atomic mass is 9.95. The molecule has 120 valence electrons. The second-order valence-electron chi connectivity index (χ2n) is 6.76. The van der Waals surface area contributed by atoms with Gasteiger partial charge in [-0.25, -0.2) is 4.39 Å². The number of benzene rings is 2. The molecule has 2 aliphatic rings. The highest BCUT2D eigenvalue weighted by Gasteiger charge is 2.45. The van der Waals surface area contributed by atoms with E-state index in [9.17, 15) is 4.39 Å². The number of hydrogen-bond donors (Lipinski definition) is 0. The van der Waals surface area contributed by atoms with Gasteiger partial charge in [0.2, 0.25) is 0 Å². The van der Waals surface area contributed by atoms with Gasteiger partial charge in [0.05, 0.1) is 7.11 Å². The highest BCUT2D eigenvalue weighted by molar-refractivity contribution is 5.38. The molecular weight excluding hydrogens is 289 g/mol. The van der Waals surface area contributed by atoms with Crippen molar-refractivity contribution in [3.05, 3.63) is 64.7 Å². The second-order valence-corrected chi connectivity index (χ2v) is 6.76. The smallest absolute Gasteiger partial charge is 0.136 e. The third kappa shape index (κ3) is 2.98. The lowest BCUT2D eigenvalue weighted by Gasteiger charge is -2.29. The van der Waals surface area contributed by atoms with Crippen molar-refractivity contribution in [3.63, 3.8) is 0 Å². The van der Waals surface area contributed by atoms with Crippen LogP contribution < -0.4 is 4.74 Å². The fourth-order valence-electron chi connectivity index (χ4n) is 3.41. The summed E-state index contributed by atoms with van der Waals surface area (Å²) in [5, 5.41) is 0. The van der Waals surface area contributed by atoms with Gasteiger partial charge in [-0.3, -0.25) is 4.90 Å². The molecule has 2 aromatic carbocycles. The van der Waals surface area contributed by atoms with Crippen molar-refractivity contribution in [2.45, 2.75) is 38.0 Å². The van der Waals surface area contributed by atoms with E-state index in [1.807, 2.05) is 18.2 Å². The van der Waals surface area contributed by atoms with Crippen molar-refractivity contribution in [1.29, 1.82) is 0 Å². The Bertz CT molecular complexity index is 706. The average Bonchev–Trinajstić information content (AvgIpc) is 3.34. The van der Waals surface area contributed by atoms with Gasteiger partial charge < -0.3 is 4.74 Å². The van der Waals surface area contributed by atoms with Crippen molar-refractivity contribution >= 4 is 0 Å². The summed E-state index contributed by atoms with van der Waals surface area (Å²) in [6.45, 7) is 2.92. The minimum absolute atomic E-state index is 0.690. The number of ether oxygens (including phenoxy) is 1. The zero-order chi connectivity index (χ0) is 15.9. The molecular formula is C20H22FNO.